The predicted octanol–water partition coefficient (Wildman–Crippen LogP) is 0.902. The standard InChI is InChI=1S/C13H18N2O3/c1-2-11(16)8-9-14-12(17)13(18)15-10-6-4-3-5-7-10/h3-7,11,16H,2,8-9H2,1H3,(H,14,17)(H,15,18). The van der Waals surface area contributed by atoms with Gasteiger partial charge in [-0.15, -0.1) is 0 Å². The number of carbonyl (C=O) groups excluding carboxylic acids is 2. The van der Waals surface area contributed by atoms with Crippen LogP contribution in [-0.4, -0.2) is 29.6 Å². The van der Waals surface area contributed by atoms with Crippen molar-refractivity contribution in [1.29, 1.82) is 0 Å². The molecule has 5 nitrogen and oxygen atoms in total. The van der Waals surface area contributed by atoms with E-state index in [0.717, 1.165) is 0 Å². The van der Waals surface area contributed by atoms with Gasteiger partial charge in [0.2, 0.25) is 0 Å². The molecule has 1 unspecified atom stereocenters. The van der Waals surface area contributed by atoms with Crippen LogP contribution >= 0.6 is 0 Å². The number of para-hydroxylation sites is 1. The van der Waals surface area contributed by atoms with Gasteiger partial charge in [-0.1, -0.05) is 25.1 Å². The minimum atomic E-state index is -0.702. The van der Waals surface area contributed by atoms with Crippen molar-refractivity contribution in [3.8, 4) is 0 Å². The van der Waals surface area contributed by atoms with Crippen molar-refractivity contribution >= 4 is 17.5 Å². The quantitative estimate of drug-likeness (QED) is 0.679. The van der Waals surface area contributed by atoms with E-state index in [4.69, 9.17) is 0 Å². The van der Waals surface area contributed by atoms with Crippen LogP contribution in [0.5, 0.6) is 0 Å². The van der Waals surface area contributed by atoms with Gasteiger partial charge in [0, 0.05) is 12.2 Å². The molecule has 0 saturated carbocycles. The summed E-state index contributed by atoms with van der Waals surface area (Å²) in [6, 6.07) is 8.76. The second kappa shape index (κ2) is 7.45. The molecule has 1 rings (SSSR count). The number of hydrogen-bond donors (Lipinski definition) is 3. The van der Waals surface area contributed by atoms with Crippen LogP contribution in [0.15, 0.2) is 30.3 Å². The molecule has 0 saturated heterocycles. The monoisotopic (exact) mass is 250 g/mol. The summed E-state index contributed by atoms with van der Waals surface area (Å²) < 4.78 is 0. The summed E-state index contributed by atoms with van der Waals surface area (Å²) in [4.78, 5) is 22.9. The molecular formula is C13H18N2O3. The van der Waals surface area contributed by atoms with Crippen molar-refractivity contribution in [1.82, 2.24) is 5.32 Å². The Balaban J connectivity index is 2.32. The number of amides is 2. The van der Waals surface area contributed by atoms with Crippen molar-refractivity contribution in [2.45, 2.75) is 25.9 Å². The van der Waals surface area contributed by atoms with Crippen LogP contribution in [0, 0.1) is 0 Å². The molecule has 3 N–H and O–H groups in total. The van der Waals surface area contributed by atoms with Gasteiger partial charge in [0.25, 0.3) is 0 Å². The molecule has 1 aromatic rings. The van der Waals surface area contributed by atoms with E-state index in [9.17, 15) is 14.7 Å². The van der Waals surface area contributed by atoms with Crippen molar-refractivity contribution < 1.29 is 14.7 Å². The molecular weight excluding hydrogens is 232 g/mol. The largest absolute Gasteiger partial charge is 0.393 e. The van der Waals surface area contributed by atoms with Gasteiger partial charge < -0.3 is 15.7 Å². The Morgan fingerprint density at radius 3 is 2.50 bits per heavy atom. The molecule has 0 aliphatic heterocycles. The maximum Gasteiger partial charge on any atom is 0.313 e. The van der Waals surface area contributed by atoms with Gasteiger partial charge in [0.15, 0.2) is 0 Å². The summed E-state index contributed by atoms with van der Waals surface area (Å²) in [5, 5.41) is 14.2. The maximum absolute atomic E-state index is 11.5. The fraction of sp³-hybridized carbons (Fsp3) is 0.385. The summed E-state index contributed by atoms with van der Waals surface area (Å²) in [5.74, 6) is -1.39. The Morgan fingerprint density at radius 2 is 1.89 bits per heavy atom. The third-order valence-corrected chi connectivity index (χ3v) is 2.47. The predicted molar refractivity (Wildman–Crippen MR) is 69.0 cm³/mol. The van der Waals surface area contributed by atoms with E-state index in [-0.39, 0.29) is 6.54 Å². The number of aliphatic hydroxyl groups excluding tert-OH is 1. The summed E-state index contributed by atoms with van der Waals surface area (Å²) in [6.45, 7) is 2.14. The van der Waals surface area contributed by atoms with Crippen molar-refractivity contribution in [3.63, 3.8) is 0 Å². The summed E-state index contributed by atoms with van der Waals surface area (Å²) in [6.07, 6.45) is 0.634. The van der Waals surface area contributed by atoms with Gasteiger partial charge in [-0.3, -0.25) is 9.59 Å². The van der Waals surface area contributed by atoms with E-state index in [2.05, 4.69) is 10.6 Å². The molecule has 0 radical (unpaired) electrons. The molecule has 18 heavy (non-hydrogen) atoms. The lowest BCUT2D eigenvalue weighted by Crippen LogP contribution is -2.36. The van der Waals surface area contributed by atoms with Gasteiger partial charge in [0.05, 0.1) is 6.10 Å². The number of hydrogen-bond acceptors (Lipinski definition) is 3. The topological polar surface area (TPSA) is 78.4 Å². The maximum atomic E-state index is 11.5. The molecule has 0 fully saturated rings. The van der Waals surface area contributed by atoms with Gasteiger partial charge in [0.1, 0.15) is 0 Å². The highest BCUT2D eigenvalue weighted by Gasteiger charge is 2.13. The second-order valence-corrected chi connectivity index (χ2v) is 3.93. The average Bonchev–Trinajstić information content (AvgIpc) is 2.39. The van der Waals surface area contributed by atoms with Crippen LogP contribution in [0.1, 0.15) is 19.8 Å². The summed E-state index contributed by atoms with van der Waals surface area (Å²) in [5.41, 5.74) is 0.575. The number of aliphatic hydroxyl groups is 1. The van der Waals surface area contributed by atoms with Gasteiger partial charge in [-0.25, -0.2) is 0 Å². The highest BCUT2D eigenvalue weighted by atomic mass is 16.3. The van der Waals surface area contributed by atoms with Crippen molar-refractivity contribution in [2.24, 2.45) is 0 Å². The zero-order valence-electron chi connectivity index (χ0n) is 10.3. The van der Waals surface area contributed by atoms with Crippen LogP contribution in [0.25, 0.3) is 0 Å². The number of carbonyl (C=O) groups is 2. The number of rotatable bonds is 5. The van der Waals surface area contributed by atoms with Crippen LogP contribution < -0.4 is 10.6 Å². The smallest absolute Gasteiger partial charge is 0.313 e. The third-order valence-electron chi connectivity index (χ3n) is 2.47. The zero-order valence-corrected chi connectivity index (χ0v) is 10.3. The van der Waals surface area contributed by atoms with E-state index < -0.39 is 17.9 Å². The molecule has 98 valence electrons. The first-order valence-corrected chi connectivity index (χ1v) is 5.95. The lowest BCUT2D eigenvalue weighted by Gasteiger charge is -2.09. The zero-order chi connectivity index (χ0) is 13.4. The van der Waals surface area contributed by atoms with Crippen LogP contribution in [-0.2, 0) is 9.59 Å². The highest BCUT2D eigenvalue weighted by molar-refractivity contribution is 6.39. The Labute approximate surface area is 106 Å². The van der Waals surface area contributed by atoms with Crippen LogP contribution in [0.4, 0.5) is 5.69 Å². The molecule has 0 aliphatic rings. The van der Waals surface area contributed by atoms with E-state index in [1.54, 1.807) is 24.3 Å². The number of anilines is 1. The van der Waals surface area contributed by atoms with E-state index in [0.29, 0.717) is 18.5 Å². The van der Waals surface area contributed by atoms with Gasteiger partial charge in [-0.2, -0.15) is 0 Å². The molecule has 0 aliphatic carbocycles. The lowest BCUT2D eigenvalue weighted by atomic mass is 10.2. The molecule has 0 spiro atoms. The average molecular weight is 250 g/mol. The van der Waals surface area contributed by atoms with Crippen LogP contribution in [0.2, 0.25) is 0 Å². The molecule has 1 aromatic carbocycles. The molecule has 5 heteroatoms. The molecule has 0 heterocycles. The third kappa shape index (κ3) is 4.97. The lowest BCUT2D eigenvalue weighted by molar-refractivity contribution is -0.136. The highest BCUT2D eigenvalue weighted by Crippen LogP contribution is 2.04. The Hall–Kier alpha value is -1.88. The first-order chi connectivity index (χ1) is 8.63. The van der Waals surface area contributed by atoms with E-state index in [1.807, 2.05) is 13.0 Å². The Bertz CT molecular complexity index is 392. The summed E-state index contributed by atoms with van der Waals surface area (Å²) in [7, 11) is 0. The van der Waals surface area contributed by atoms with Gasteiger partial charge >= 0.3 is 11.8 Å². The van der Waals surface area contributed by atoms with E-state index in [1.165, 1.54) is 0 Å². The first-order valence-electron chi connectivity index (χ1n) is 5.95. The van der Waals surface area contributed by atoms with Crippen LogP contribution in [0.3, 0.4) is 0 Å². The SMILES string of the molecule is CCC(O)CCNC(=O)C(=O)Nc1ccccc1. The minimum absolute atomic E-state index is 0.288. The molecule has 0 aromatic heterocycles. The molecule has 1 atom stereocenters. The van der Waals surface area contributed by atoms with Crippen molar-refractivity contribution in [3.05, 3.63) is 30.3 Å². The van der Waals surface area contributed by atoms with Gasteiger partial charge in [-0.05, 0) is 25.0 Å². The molecule has 0 bridgehead atoms. The number of nitrogens with one attached hydrogen (secondary N) is 2. The van der Waals surface area contributed by atoms with E-state index >= 15 is 0 Å². The molecule has 2 amide bonds. The fourth-order valence-corrected chi connectivity index (χ4v) is 1.35. The first kappa shape index (κ1) is 14.2. The Morgan fingerprint density at radius 1 is 1.22 bits per heavy atom. The second-order valence-electron chi connectivity index (χ2n) is 3.93. The summed E-state index contributed by atoms with van der Waals surface area (Å²) >= 11 is 0. The normalized spacial score (nSPS) is 11.7. The number of benzene rings is 1. The minimum Gasteiger partial charge on any atom is -0.393 e. The fourth-order valence-electron chi connectivity index (χ4n) is 1.35. The van der Waals surface area contributed by atoms with Crippen molar-refractivity contribution in [2.75, 3.05) is 11.9 Å². The Kier molecular flexibility index (Phi) is 5.87.